The van der Waals surface area contributed by atoms with Crippen LogP contribution in [0.1, 0.15) is 17.3 Å². The predicted molar refractivity (Wildman–Crippen MR) is 58.4 cm³/mol. The minimum absolute atomic E-state index is 0.0733. The van der Waals surface area contributed by atoms with Crippen LogP contribution >= 0.6 is 0 Å². The van der Waals surface area contributed by atoms with Gasteiger partial charge in [0.25, 0.3) is 0 Å². The molecule has 1 rings (SSSR count). The number of anilines is 1. The largest absolute Gasteiger partial charge is 0.478 e. The normalized spacial score (nSPS) is 9.56. The van der Waals surface area contributed by atoms with Crippen LogP contribution in [0.3, 0.4) is 0 Å². The highest BCUT2D eigenvalue weighted by Gasteiger charge is 2.05. The maximum Gasteiger partial charge on any atom is 0.335 e. The van der Waals surface area contributed by atoms with E-state index in [-0.39, 0.29) is 18.0 Å². The van der Waals surface area contributed by atoms with Crippen molar-refractivity contribution in [2.75, 3.05) is 18.4 Å². The molecule has 0 aliphatic heterocycles. The molecule has 0 fully saturated rings. The third kappa shape index (κ3) is 3.56. The summed E-state index contributed by atoms with van der Waals surface area (Å²) in [5, 5.41) is 14.1. The Bertz CT molecular complexity index is 393. The molecule has 0 spiro atoms. The van der Waals surface area contributed by atoms with Gasteiger partial charge in [0.05, 0.1) is 12.1 Å². The molecule has 86 valence electrons. The van der Waals surface area contributed by atoms with Crippen LogP contribution in [-0.2, 0) is 4.79 Å². The van der Waals surface area contributed by atoms with E-state index < -0.39 is 5.97 Å². The fourth-order valence-electron chi connectivity index (χ4n) is 1.09. The first-order valence-corrected chi connectivity index (χ1v) is 4.83. The number of aromatic nitrogens is 1. The number of pyridine rings is 1. The fraction of sp³-hybridized carbons (Fsp3) is 0.300. The smallest absolute Gasteiger partial charge is 0.335 e. The van der Waals surface area contributed by atoms with Gasteiger partial charge in [-0.15, -0.1) is 0 Å². The Kier molecular flexibility index (Phi) is 4.26. The van der Waals surface area contributed by atoms with Gasteiger partial charge in [0.1, 0.15) is 5.82 Å². The lowest BCUT2D eigenvalue weighted by Crippen LogP contribution is -2.29. The van der Waals surface area contributed by atoms with Gasteiger partial charge in [0, 0.05) is 12.7 Å². The fourth-order valence-corrected chi connectivity index (χ4v) is 1.09. The first kappa shape index (κ1) is 12.0. The van der Waals surface area contributed by atoms with Crippen LogP contribution in [0.4, 0.5) is 5.82 Å². The summed E-state index contributed by atoms with van der Waals surface area (Å²) in [4.78, 5) is 25.7. The lowest BCUT2D eigenvalue weighted by Gasteiger charge is -2.05. The van der Waals surface area contributed by atoms with Gasteiger partial charge in [-0.1, -0.05) is 0 Å². The molecular weight excluding hydrogens is 210 g/mol. The van der Waals surface area contributed by atoms with Gasteiger partial charge in [-0.3, -0.25) is 4.79 Å². The molecule has 0 unspecified atom stereocenters. The zero-order chi connectivity index (χ0) is 12.0. The van der Waals surface area contributed by atoms with Crippen molar-refractivity contribution in [3.8, 4) is 0 Å². The molecule has 0 aromatic carbocycles. The maximum absolute atomic E-state index is 11.1. The van der Waals surface area contributed by atoms with Crippen molar-refractivity contribution in [3.63, 3.8) is 0 Å². The summed E-state index contributed by atoms with van der Waals surface area (Å²) in [6.45, 7) is 2.45. The monoisotopic (exact) mass is 223 g/mol. The van der Waals surface area contributed by atoms with Crippen LogP contribution < -0.4 is 10.6 Å². The number of nitrogens with one attached hydrogen (secondary N) is 2. The zero-order valence-corrected chi connectivity index (χ0v) is 8.86. The van der Waals surface area contributed by atoms with Gasteiger partial charge in [-0.05, 0) is 19.1 Å². The number of hydrogen-bond acceptors (Lipinski definition) is 4. The van der Waals surface area contributed by atoms with E-state index in [1.807, 2.05) is 6.92 Å². The Hall–Kier alpha value is -2.11. The SMILES string of the molecule is CCNC(=O)CNc1cc(C(=O)O)ccn1. The van der Waals surface area contributed by atoms with E-state index in [0.29, 0.717) is 12.4 Å². The highest BCUT2D eigenvalue weighted by molar-refractivity contribution is 5.88. The van der Waals surface area contributed by atoms with E-state index in [1.165, 1.54) is 18.3 Å². The molecule has 0 aliphatic rings. The van der Waals surface area contributed by atoms with Gasteiger partial charge < -0.3 is 15.7 Å². The number of rotatable bonds is 5. The van der Waals surface area contributed by atoms with Crippen molar-refractivity contribution in [2.24, 2.45) is 0 Å². The first-order chi connectivity index (χ1) is 7.63. The minimum Gasteiger partial charge on any atom is -0.478 e. The summed E-state index contributed by atoms with van der Waals surface area (Å²) in [6.07, 6.45) is 1.38. The number of carboxylic acid groups (broad SMARTS) is 1. The third-order valence-electron chi connectivity index (χ3n) is 1.81. The number of hydrogen-bond donors (Lipinski definition) is 3. The average molecular weight is 223 g/mol. The van der Waals surface area contributed by atoms with Gasteiger partial charge >= 0.3 is 5.97 Å². The molecule has 1 aromatic rings. The van der Waals surface area contributed by atoms with Gasteiger partial charge in [-0.2, -0.15) is 0 Å². The lowest BCUT2D eigenvalue weighted by molar-refractivity contribution is -0.119. The van der Waals surface area contributed by atoms with E-state index in [0.717, 1.165) is 0 Å². The molecule has 1 heterocycles. The summed E-state index contributed by atoms with van der Waals surface area (Å²) < 4.78 is 0. The number of likely N-dealkylation sites (N-methyl/N-ethyl adjacent to an activating group) is 1. The standard InChI is InChI=1S/C10H13N3O3/c1-2-11-9(14)6-13-8-5-7(10(15)16)3-4-12-8/h3-5H,2,6H2,1H3,(H,11,14)(H,12,13)(H,15,16). The van der Waals surface area contributed by atoms with Crippen molar-refractivity contribution in [3.05, 3.63) is 23.9 Å². The Labute approximate surface area is 92.7 Å². The third-order valence-corrected chi connectivity index (χ3v) is 1.81. The molecule has 0 radical (unpaired) electrons. The van der Waals surface area contributed by atoms with E-state index >= 15 is 0 Å². The Balaban J connectivity index is 2.57. The quantitative estimate of drug-likeness (QED) is 0.669. The van der Waals surface area contributed by atoms with Crippen molar-refractivity contribution in [1.29, 1.82) is 0 Å². The summed E-state index contributed by atoms with van der Waals surface area (Å²) in [5.41, 5.74) is 0.133. The Morgan fingerprint density at radius 3 is 2.88 bits per heavy atom. The van der Waals surface area contributed by atoms with Gasteiger partial charge in [-0.25, -0.2) is 9.78 Å². The van der Waals surface area contributed by atoms with E-state index in [2.05, 4.69) is 15.6 Å². The summed E-state index contributed by atoms with van der Waals surface area (Å²) >= 11 is 0. The van der Waals surface area contributed by atoms with Crippen molar-refractivity contribution >= 4 is 17.7 Å². The number of carbonyl (C=O) groups excluding carboxylic acids is 1. The number of carboxylic acids is 1. The molecule has 0 aliphatic carbocycles. The molecule has 16 heavy (non-hydrogen) atoms. The van der Waals surface area contributed by atoms with E-state index in [4.69, 9.17) is 5.11 Å². The number of carbonyl (C=O) groups is 2. The molecule has 0 saturated heterocycles. The highest BCUT2D eigenvalue weighted by Crippen LogP contribution is 2.05. The van der Waals surface area contributed by atoms with Gasteiger partial charge in [0.2, 0.25) is 5.91 Å². The summed E-state index contributed by atoms with van der Waals surface area (Å²) in [6, 6.07) is 2.77. The second-order valence-corrected chi connectivity index (χ2v) is 3.04. The van der Waals surface area contributed by atoms with Crippen molar-refractivity contribution in [2.45, 2.75) is 6.92 Å². The molecule has 0 atom stereocenters. The molecule has 0 saturated carbocycles. The lowest BCUT2D eigenvalue weighted by atomic mass is 10.2. The summed E-state index contributed by atoms with van der Waals surface area (Å²) in [7, 11) is 0. The molecule has 1 aromatic heterocycles. The van der Waals surface area contributed by atoms with E-state index in [9.17, 15) is 9.59 Å². The van der Waals surface area contributed by atoms with Crippen LogP contribution in [-0.4, -0.2) is 35.1 Å². The van der Waals surface area contributed by atoms with Crippen LogP contribution in [0.15, 0.2) is 18.3 Å². The van der Waals surface area contributed by atoms with Crippen LogP contribution in [0, 0.1) is 0 Å². The molecule has 3 N–H and O–H groups in total. The minimum atomic E-state index is -1.02. The Morgan fingerprint density at radius 1 is 1.50 bits per heavy atom. The number of nitrogens with zero attached hydrogens (tertiary/aromatic N) is 1. The predicted octanol–water partition coefficient (Wildman–Crippen LogP) is 0.328. The summed E-state index contributed by atoms with van der Waals surface area (Å²) in [5.74, 6) is -0.820. The van der Waals surface area contributed by atoms with Crippen LogP contribution in [0.2, 0.25) is 0 Å². The molecular formula is C10H13N3O3. The second kappa shape index (κ2) is 5.69. The number of aromatic carboxylic acids is 1. The first-order valence-electron chi connectivity index (χ1n) is 4.83. The second-order valence-electron chi connectivity index (χ2n) is 3.04. The molecule has 6 heteroatoms. The molecule has 1 amide bonds. The zero-order valence-electron chi connectivity index (χ0n) is 8.86. The topological polar surface area (TPSA) is 91.3 Å². The van der Waals surface area contributed by atoms with Gasteiger partial charge in [0.15, 0.2) is 0 Å². The number of amides is 1. The van der Waals surface area contributed by atoms with Crippen molar-refractivity contribution < 1.29 is 14.7 Å². The van der Waals surface area contributed by atoms with Crippen LogP contribution in [0.5, 0.6) is 0 Å². The maximum atomic E-state index is 11.1. The van der Waals surface area contributed by atoms with Crippen LogP contribution in [0.25, 0.3) is 0 Å². The highest BCUT2D eigenvalue weighted by atomic mass is 16.4. The van der Waals surface area contributed by atoms with Crippen molar-refractivity contribution in [1.82, 2.24) is 10.3 Å². The molecule has 0 bridgehead atoms. The van der Waals surface area contributed by atoms with E-state index in [1.54, 1.807) is 0 Å². The Morgan fingerprint density at radius 2 is 2.25 bits per heavy atom. The average Bonchev–Trinajstić information content (AvgIpc) is 2.27. The molecule has 6 nitrogen and oxygen atoms in total.